The van der Waals surface area contributed by atoms with E-state index < -0.39 is 0 Å². The molecule has 2 aromatic rings. The highest BCUT2D eigenvalue weighted by Gasteiger charge is 2.18. The highest BCUT2D eigenvalue weighted by molar-refractivity contribution is 7.09. The zero-order valence-electron chi connectivity index (χ0n) is 12.1. The molecule has 0 aliphatic carbocycles. The Morgan fingerprint density at radius 1 is 1.32 bits per heavy atom. The van der Waals surface area contributed by atoms with E-state index in [0.717, 1.165) is 30.9 Å². The number of aryl methyl sites for hydroxylation is 3. The highest BCUT2D eigenvalue weighted by Crippen LogP contribution is 2.21. The molecule has 19 heavy (non-hydrogen) atoms. The molecule has 0 saturated heterocycles. The zero-order chi connectivity index (χ0) is 13.8. The molecule has 0 fully saturated rings. The number of thiazole rings is 1. The Morgan fingerprint density at radius 2 is 2.11 bits per heavy atom. The number of nitrogens with zero attached hydrogens (tertiary/aromatic N) is 3. The molecule has 1 atom stereocenters. The fourth-order valence-corrected chi connectivity index (χ4v) is 3.12. The second kappa shape index (κ2) is 6.30. The van der Waals surface area contributed by atoms with Crippen LogP contribution in [-0.4, -0.2) is 21.3 Å². The fraction of sp³-hybridized carbons (Fsp3) is 0.571. The van der Waals surface area contributed by atoms with E-state index in [2.05, 4.69) is 45.4 Å². The van der Waals surface area contributed by atoms with Gasteiger partial charge in [0.15, 0.2) is 0 Å². The Morgan fingerprint density at radius 3 is 2.68 bits per heavy atom. The lowest BCUT2D eigenvalue weighted by Crippen LogP contribution is -2.25. The van der Waals surface area contributed by atoms with Crippen LogP contribution in [0.2, 0.25) is 0 Å². The SMILES string of the molecule is CCNC(Cc1nc(C)cs1)c1cc(C)nn1CC. The van der Waals surface area contributed by atoms with Crippen LogP contribution in [0.5, 0.6) is 0 Å². The lowest BCUT2D eigenvalue weighted by atomic mass is 10.1. The van der Waals surface area contributed by atoms with E-state index in [1.54, 1.807) is 11.3 Å². The minimum absolute atomic E-state index is 0.289. The van der Waals surface area contributed by atoms with Gasteiger partial charge in [-0.1, -0.05) is 6.92 Å². The van der Waals surface area contributed by atoms with Crippen LogP contribution in [0, 0.1) is 13.8 Å². The van der Waals surface area contributed by atoms with E-state index >= 15 is 0 Å². The van der Waals surface area contributed by atoms with Crippen molar-refractivity contribution in [3.8, 4) is 0 Å². The van der Waals surface area contributed by atoms with Crippen molar-refractivity contribution in [3.63, 3.8) is 0 Å². The molecule has 2 rings (SSSR count). The van der Waals surface area contributed by atoms with E-state index in [-0.39, 0.29) is 6.04 Å². The molecule has 2 aromatic heterocycles. The lowest BCUT2D eigenvalue weighted by molar-refractivity contribution is 0.489. The third-order valence-corrected chi connectivity index (χ3v) is 4.07. The van der Waals surface area contributed by atoms with Gasteiger partial charge < -0.3 is 5.32 Å². The average molecular weight is 278 g/mol. The molecule has 0 saturated carbocycles. The minimum atomic E-state index is 0.289. The average Bonchev–Trinajstić information content (AvgIpc) is 2.94. The van der Waals surface area contributed by atoms with Crippen molar-refractivity contribution in [2.75, 3.05) is 6.54 Å². The second-order valence-corrected chi connectivity index (χ2v) is 5.67. The molecular formula is C14H22N4S. The van der Waals surface area contributed by atoms with E-state index in [1.807, 2.05) is 13.8 Å². The highest BCUT2D eigenvalue weighted by atomic mass is 32.1. The number of aromatic nitrogens is 3. The van der Waals surface area contributed by atoms with Crippen LogP contribution < -0.4 is 5.32 Å². The zero-order valence-corrected chi connectivity index (χ0v) is 12.9. The predicted octanol–water partition coefficient (Wildman–Crippen LogP) is 2.87. The Balaban J connectivity index is 2.23. The maximum atomic E-state index is 4.57. The number of hydrogen-bond acceptors (Lipinski definition) is 4. The Labute approximate surface area is 118 Å². The van der Waals surface area contributed by atoms with Crippen molar-refractivity contribution in [1.29, 1.82) is 0 Å². The topological polar surface area (TPSA) is 42.7 Å². The van der Waals surface area contributed by atoms with Gasteiger partial charge in [-0.15, -0.1) is 11.3 Å². The van der Waals surface area contributed by atoms with Crippen molar-refractivity contribution in [2.45, 2.75) is 46.7 Å². The first-order valence-electron chi connectivity index (χ1n) is 6.82. The summed E-state index contributed by atoms with van der Waals surface area (Å²) in [6, 6.07) is 2.47. The summed E-state index contributed by atoms with van der Waals surface area (Å²) < 4.78 is 2.09. The Bertz CT molecular complexity index is 529. The molecule has 0 radical (unpaired) electrons. The lowest BCUT2D eigenvalue weighted by Gasteiger charge is -2.17. The van der Waals surface area contributed by atoms with Crippen LogP contribution in [0.1, 0.15) is 42.0 Å². The molecule has 0 bridgehead atoms. The molecule has 1 unspecified atom stereocenters. The maximum Gasteiger partial charge on any atom is 0.0947 e. The molecule has 2 heterocycles. The summed E-state index contributed by atoms with van der Waals surface area (Å²) in [5.74, 6) is 0. The predicted molar refractivity (Wildman–Crippen MR) is 79.6 cm³/mol. The summed E-state index contributed by atoms with van der Waals surface area (Å²) in [6.45, 7) is 10.2. The van der Waals surface area contributed by atoms with E-state index in [0.29, 0.717) is 0 Å². The second-order valence-electron chi connectivity index (χ2n) is 4.72. The number of likely N-dealkylation sites (N-methyl/N-ethyl adjacent to an activating group) is 1. The van der Waals surface area contributed by atoms with E-state index in [4.69, 9.17) is 0 Å². The van der Waals surface area contributed by atoms with Crippen LogP contribution in [-0.2, 0) is 13.0 Å². The van der Waals surface area contributed by atoms with Crippen LogP contribution in [0.15, 0.2) is 11.4 Å². The molecule has 0 aliphatic rings. The minimum Gasteiger partial charge on any atom is -0.309 e. The number of hydrogen-bond donors (Lipinski definition) is 1. The number of nitrogens with one attached hydrogen (secondary N) is 1. The van der Waals surface area contributed by atoms with Gasteiger partial charge in [0.1, 0.15) is 0 Å². The monoisotopic (exact) mass is 278 g/mol. The Kier molecular flexibility index (Phi) is 4.71. The summed E-state index contributed by atoms with van der Waals surface area (Å²) in [5.41, 5.74) is 3.44. The van der Waals surface area contributed by atoms with Crippen molar-refractivity contribution < 1.29 is 0 Å². The molecular weight excluding hydrogens is 256 g/mol. The fourth-order valence-electron chi connectivity index (χ4n) is 2.30. The van der Waals surface area contributed by atoms with Crippen molar-refractivity contribution in [3.05, 3.63) is 33.5 Å². The molecule has 0 spiro atoms. The molecule has 0 amide bonds. The molecule has 5 heteroatoms. The molecule has 0 aromatic carbocycles. The normalized spacial score (nSPS) is 12.8. The van der Waals surface area contributed by atoms with Crippen molar-refractivity contribution in [2.24, 2.45) is 0 Å². The summed E-state index contributed by atoms with van der Waals surface area (Å²) in [7, 11) is 0. The molecule has 4 nitrogen and oxygen atoms in total. The van der Waals surface area contributed by atoms with Gasteiger partial charge >= 0.3 is 0 Å². The third-order valence-electron chi connectivity index (χ3n) is 3.09. The summed E-state index contributed by atoms with van der Waals surface area (Å²) >= 11 is 1.74. The summed E-state index contributed by atoms with van der Waals surface area (Å²) in [4.78, 5) is 4.57. The van der Waals surface area contributed by atoms with Gasteiger partial charge in [0.25, 0.3) is 0 Å². The van der Waals surface area contributed by atoms with Gasteiger partial charge in [-0.3, -0.25) is 4.68 Å². The smallest absolute Gasteiger partial charge is 0.0947 e. The van der Waals surface area contributed by atoms with Crippen molar-refractivity contribution in [1.82, 2.24) is 20.1 Å². The van der Waals surface area contributed by atoms with Gasteiger partial charge in [0.2, 0.25) is 0 Å². The van der Waals surface area contributed by atoms with Gasteiger partial charge in [0.05, 0.1) is 22.4 Å². The first-order valence-corrected chi connectivity index (χ1v) is 7.70. The van der Waals surface area contributed by atoms with E-state index in [1.165, 1.54) is 10.7 Å². The van der Waals surface area contributed by atoms with Crippen LogP contribution in [0.25, 0.3) is 0 Å². The van der Waals surface area contributed by atoms with Crippen LogP contribution >= 0.6 is 11.3 Å². The first-order chi connectivity index (χ1) is 9.13. The molecule has 0 aliphatic heterocycles. The largest absolute Gasteiger partial charge is 0.309 e. The standard InChI is InChI=1S/C14H22N4S/c1-5-15-12(8-14-16-11(4)9-19-14)13-7-10(3)17-18(13)6-2/h7,9,12,15H,5-6,8H2,1-4H3. The van der Waals surface area contributed by atoms with E-state index in [9.17, 15) is 0 Å². The maximum absolute atomic E-state index is 4.57. The van der Waals surface area contributed by atoms with Gasteiger partial charge in [-0.2, -0.15) is 5.10 Å². The summed E-state index contributed by atoms with van der Waals surface area (Å²) in [6.07, 6.45) is 0.928. The van der Waals surface area contributed by atoms with Crippen LogP contribution in [0.3, 0.4) is 0 Å². The van der Waals surface area contributed by atoms with Gasteiger partial charge in [0, 0.05) is 24.0 Å². The third kappa shape index (κ3) is 3.42. The quantitative estimate of drug-likeness (QED) is 0.883. The van der Waals surface area contributed by atoms with Gasteiger partial charge in [-0.25, -0.2) is 4.98 Å². The molecule has 104 valence electrons. The van der Waals surface area contributed by atoms with Crippen molar-refractivity contribution >= 4 is 11.3 Å². The summed E-state index contributed by atoms with van der Waals surface area (Å²) in [5, 5.41) is 11.4. The molecule has 1 N–H and O–H groups in total. The Hall–Kier alpha value is -1.20. The van der Waals surface area contributed by atoms with Crippen LogP contribution in [0.4, 0.5) is 0 Å². The van der Waals surface area contributed by atoms with Gasteiger partial charge in [-0.05, 0) is 33.4 Å². The first kappa shape index (κ1) is 14.2. The number of rotatable bonds is 6.